The number of Topliss-reactive ketones (excluding diaryl/α,β-unsaturated/α-hetero) is 1. The molecule has 0 radical (unpaired) electrons. The Morgan fingerprint density at radius 3 is 2.47 bits per heavy atom. The largest absolute Gasteiger partial charge is 0.294 e. The van der Waals surface area contributed by atoms with E-state index in [2.05, 4.69) is 19.9 Å². The summed E-state index contributed by atoms with van der Waals surface area (Å²) in [5.74, 6) is 0.152. The Hall–Kier alpha value is -1.89. The van der Waals surface area contributed by atoms with Gasteiger partial charge in [0.1, 0.15) is 0 Å². The Balaban J connectivity index is 2.17. The van der Waals surface area contributed by atoms with Crippen molar-refractivity contribution in [2.24, 2.45) is 5.92 Å². The Morgan fingerprint density at radius 1 is 1.11 bits per heavy atom. The van der Waals surface area contributed by atoms with Gasteiger partial charge in [-0.15, -0.1) is 0 Å². The average molecular weight is 252 g/mol. The van der Waals surface area contributed by atoms with Crippen LogP contribution in [-0.2, 0) is 4.79 Å². The molecule has 0 saturated carbocycles. The van der Waals surface area contributed by atoms with Gasteiger partial charge < -0.3 is 0 Å². The van der Waals surface area contributed by atoms with Crippen LogP contribution in [0.15, 0.2) is 59.7 Å². The van der Waals surface area contributed by atoms with Crippen molar-refractivity contribution in [3.05, 3.63) is 65.3 Å². The molecule has 1 atom stereocenters. The molecular weight excluding hydrogens is 232 g/mol. The van der Waals surface area contributed by atoms with Crippen molar-refractivity contribution >= 4 is 11.9 Å². The molecule has 0 N–H and O–H groups in total. The van der Waals surface area contributed by atoms with E-state index in [9.17, 15) is 4.79 Å². The van der Waals surface area contributed by atoms with Crippen molar-refractivity contribution < 1.29 is 4.79 Å². The predicted octanol–water partition coefficient (Wildman–Crippen LogP) is 4.57. The topological polar surface area (TPSA) is 17.1 Å². The molecule has 0 aliphatic heterocycles. The van der Waals surface area contributed by atoms with Crippen LogP contribution in [0.4, 0.5) is 0 Å². The van der Waals surface area contributed by atoms with Gasteiger partial charge in [0.15, 0.2) is 5.78 Å². The summed E-state index contributed by atoms with van der Waals surface area (Å²) in [6.45, 7) is 4.16. The van der Waals surface area contributed by atoms with Crippen LogP contribution in [0.5, 0.6) is 0 Å². The van der Waals surface area contributed by atoms with Crippen molar-refractivity contribution in [2.75, 3.05) is 0 Å². The van der Waals surface area contributed by atoms with Gasteiger partial charge in [-0.05, 0) is 29.6 Å². The Morgan fingerprint density at radius 2 is 1.84 bits per heavy atom. The minimum absolute atomic E-state index is 0.106. The quantitative estimate of drug-likeness (QED) is 0.767. The lowest BCUT2D eigenvalue weighted by Crippen LogP contribution is -2.17. The van der Waals surface area contributed by atoms with E-state index in [1.807, 2.05) is 48.6 Å². The Bertz CT molecular complexity index is 532. The third-order valence-electron chi connectivity index (χ3n) is 3.52. The standard InChI is InChI=1S/C18H20O/c1-3-15-12-13-16(18(19)17(15)4-2)11-10-14-8-6-5-7-9-14/h5-13,16H,3-4H2,1-2H3. The average Bonchev–Trinajstić information content (AvgIpc) is 2.46. The third kappa shape index (κ3) is 3.11. The van der Waals surface area contributed by atoms with E-state index in [-0.39, 0.29) is 11.7 Å². The van der Waals surface area contributed by atoms with Crippen molar-refractivity contribution in [1.82, 2.24) is 0 Å². The van der Waals surface area contributed by atoms with E-state index in [0.29, 0.717) is 0 Å². The summed E-state index contributed by atoms with van der Waals surface area (Å²) in [6, 6.07) is 10.1. The van der Waals surface area contributed by atoms with Gasteiger partial charge in [-0.25, -0.2) is 0 Å². The van der Waals surface area contributed by atoms with Crippen LogP contribution in [0.1, 0.15) is 32.3 Å². The highest BCUT2D eigenvalue weighted by Crippen LogP contribution is 2.25. The highest BCUT2D eigenvalue weighted by Gasteiger charge is 2.21. The summed E-state index contributed by atoms with van der Waals surface area (Å²) in [4.78, 5) is 12.4. The fraction of sp³-hybridized carbons (Fsp3) is 0.278. The highest BCUT2D eigenvalue weighted by atomic mass is 16.1. The number of carbonyl (C=O) groups excluding carboxylic acids is 1. The zero-order chi connectivity index (χ0) is 13.7. The van der Waals surface area contributed by atoms with Crippen LogP contribution in [0, 0.1) is 5.92 Å². The van der Waals surface area contributed by atoms with Crippen molar-refractivity contribution in [2.45, 2.75) is 26.7 Å². The summed E-state index contributed by atoms with van der Waals surface area (Å²) in [5, 5.41) is 0. The first kappa shape index (κ1) is 13.5. The zero-order valence-corrected chi connectivity index (χ0v) is 11.6. The van der Waals surface area contributed by atoms with E-state index in [1.54, 1.807) is 0 Å². The normalized spacial score (nSPS) is 19.5. The minimum atomic E-state index is -0.106. The molecule has 1 aromatic carbocycles. The van der Waals surface area contributed by atoms with Gasteiger partial charge in [0.2, 0.25) is 0 Å². The first-order valence-corrected chi connectivity index (χ1v) is 6.94. The summed E-state index contributed by atoms with van der Waals surface area (Å²) >= 11 is 0. The van der Waals surface area contributed by atoms with Gasteiger partial charge in [0.25, 0.3) is 0 Å². The van der Waals surface area contributed by atoms with E-state index in [0.717, 1.165) is 24.0 Å². The SMILES string of the molecule is CCC1=C(CC)C(=O)C(C=Cc2ccccc2)C=C1. The van der Waals surface area contributed by atoms with Crippen LogP contribution < -0.4 is 0 Å². The lowest BCUT2D eigenvalue weighted by Gasteiger charge is -2.17. The van der Waals surface area contributed by atoms with Crippen molar-refractivity contribution in [3.63, 3.8) is 0 Å². The highest BCUT2D eigenvalue weighted by molar-refractivity contribution is 6.02. The van der Waals surface area contributed by atoms with E-state index < -0.39 is 0 Å². The van der Waals surface area contributed by atoms with Gasteiger partial charge in [-0.1, -0.05) is 68.5 Å². The second kappa shape index (κ2) is 6.33. The van der Waals surface area contributed by atoms with E-state index >= 15 is 0 Å². The number of allylic oxidation sites excluding steroid dienone is 5. The van der Waals surface area contributed by atoms with Gasteiger partial charge in [0, 0.05) is 0 Å². The van der Waals surface area contributed by atoms with Crippen LogP contribution >= 0.6 is 0 Å². The number of benzene rings is 1. The molecule has 0 bridgehead atoms. The maximum Gasteiger partial charge on any atom is 0.169 e. The molecule has 98 valence electrons. The van der Waals surface area contributed by atoms with Crippen molar-refractivity contribution in [1.29, 1.82) is 0 Å². The summed E-state index contributed by atoms with van der Waals surface area (Å²) in [7, 11) is 0. The molecule has 1 heteroatoms. The molecular formula is C18H20O. The number of ketones is 1. The first-order chi connectivity index (χ1) is 9.26. The summed E-state index contributed by atoms with van der Waals surface area (Å²) in [6.07, 6.45) is 9.90. The van der Waals surface area contributed by atoms with Gasteiger partial charge in [0.05, 0.1) is 5.92 Å². The Labute approximate surface area is 115 Å². The molecule has 1 aliphatic rings. The van der Waals surface area contributed by atoms with Crippen LogP contribution in [0.2, 0.25) is 0 Å². The number of carbonyl (C=O) groups is 1. The fourth-order valence-electron chi connectivity index (χ4n) is 2.43. The van der Waals surface area contributed by atoms with Crippen LogP contribution in [0.25, 0.3) is 6.08 Å². The Kier molecular flexibility index (Phi) is 4.51. The lowest BCUT2D eigenvalue weighted by molar-refractivity contribution is -0.117. The lowest BCUT2D eigenvalue weighted by atomic mass is 9.85. The van der Waals surface area contributed by atoms with Gasteiger partial charge in [-0.2, -0.15) is 0 Å². The summed E-state index contributed by atoms with van der Waals surface area (Å²) < 4.78 is 0. The molecule has 0 spiro atoms. The van der Waals surface area contributed by atoms with Crippen molar-refractivity contribution in [3.8, 4) is 0 Å². The van der Waals surface area contributed by atoms with Gasteiger partial charge >= 0.3 is 0 Å². The predicted molar refractivity (Wildman–Crippen MR) is 80.7 cm³/mol. The maximum atomic E-state index is 12.4. The number of rotatable bonds is 4. The molecule has 1 nitrogen and oxygen atoms in total. The fourth-order valence-corrected chi connectivity index (χ4v) is 2.43. The monoisotopic (exact) mass is 252 g/mol. The maximum absolute atomic E-state index is 12.4. The molecule has 1 unspecified atom stereocenters. The molecule has 0 aromatic heterocycles. The summed E-state index contributed by atoms with van der Waals surface area (Å²) in [5.41, 5.74) is 3.32. The van der Waals surface area contributed by atoms with Crippen LogP contribution in [0.3, 0.4) is 0 Å². The number of hydrogen-bond acceptors (Lipinski definition) is 1. The van der Waals surface area contributed by atoms with E-state index in [4.69, 9.17) is 0 Å². The van der Waals surface area contributed by atoms with Gasteiger partial charge in [-0.3, -0.25) is 4.79 Å². The van der Waals surface area contributed by atoms with Crippen LogP contribution in [-0.4, -0.2) is 5.78 Å². The molecule has 1 aliphatic carbocycles. The second-order valence-corrected chi connectivity index (χ2v) is 4.73. The first-order valence-electron chi connectivity index (χ1n) is 6.94. The third-order valence-corrected chi connectivity index (χ3v) is 3.52. The molecule has 0 amide bonds. The van der Waals surface area contributed by atoms with E-state index in [1.165, 1.54) is 5.57 Å². The molecule has 0 saturated heterocycles. The smallest absolute Gasteiger partial charge is 0.169 e. The molecule has 0 heterocycles. The molecule has 2 rings (SSSR count). The molecule has 1 aromatic rings. The molecule has 0 fully saturated rings. The minimum Gasteiger partial charge on any atom is -0.294 e. The molecule has 19 heavy (non-hydrogen) atoms. The second-order valence-electron chi connectivity index (χ2n) is 4.73. The zero-order valence-electron chi connectivity index (χ0n) is 11.6. The number of hydrogen-bond donors (Lipinski definition) is 0.